The summed E-state index contributed by atoms with van der Waals surface area (Å²) in [5.74, 6) is -0.431. The number of aliphatic hydroxyl groups is 1. The lowest BCUT2D eigenvalue weighted by Crippen LogP contribution is -2.42. The summed E-state index contributed by atoms with van der Waals surface area (Å²) in [5.41, 5.74) is 0. The smallest absolute Gasteiger partial charge is 0.222 e. The number of rotatable bonds is 8. The van der Waals surface area contributed by atoms with Crippen molar-refractivity contribution in [3.05, 3.63) is 22.4 Å². The van der Waals surface area contributed by atoms with E-state index in [1.807, 2.05) is 17.5 Å². The number of methoxy groups -OCH3 is 1. The van der Waals surface area contributed by atoms with Crippen LogP contribution in [0.2, 0.25) is 0 Å². The maximum Gasteiger partial charge on any atom is 0.222 e. The number of ether oxygens (including phenoxy) is 1. The second kappa shape index (κ2) is 8.68. The monoisotopic (exact) mass is 300 g/mol. The van der Waals surface area contributed by atoms with Crippen LogP contribution in [-0.2, 0) is 14.3 Å². The Morgan fingerprint density at radius 2 is 2.20 bits per heavy atom. The highest BCUT2D eigenvalue weighted by atomic mass is 32.1. The van der Waals surface area contributed by atoms with Crippen molar-refractivity contribution in [2.75, 3.05) is 20.3 Å². The van der Waals surface area contributed by atoms with Gasteiger partial charge >= 0.3 is 0 Å². The molecule has 0 fully saturated rings. The van der Waals surface area contributed by atoms with Gasteiger partial charge in [0.2, 0.25) is 11.8 Å². The van der Waals surface area contributed by atoms with Crippen molar-refractivity contribution in [2.24, 2.45) is 0 Å². The lowest BCUT2D eigenvalue weighted by Gasteiger charge is -2.19. The van der Waals surface area contributed by atoms with Crippen LogP contribution in [-0.4, -0.2) is 43.3 Å². The van der Waals surface area contributed by atoms with Gasteiger partial charge in [0.25, 0.3) is 0 Å². The van der Waals surface area contributed by atoms with E-state index in [0.29, 0.717) is 0 Å². The second-order valence-electron chi connectivity index (χ2n) is 4.38. The van der Waals surface area contributed by atoms with Crippen LogP contribution in [0.1, 0.15) is 24.3 Å². The van der Waals surface area contributed by atoms with E-state index in [-0.39, 0.29) is 37.5 Å². The first-order valence-corrected chi connectivity index (χ1v) is 7.14. The lowest BCUT2D eigenvalue weighted by molar-refractivity contribution is -0.123. The van der Waals surface area contributed by atoms with Crippen molar-refractivity contribution in [3.8, 4) is 0 Å². The average Bonchev–Trinajstić information content (AvgIpc) is 2.90. The summed E-state index contributed by atoms with van der Waals surface area (Å²) in [7, 11) is 1.50. The largest absolute Gasteiger partial charge is 0.394 e. The molecule has 2 atom stereocenters. The predicted octanol–water partition coefficient (Wildman–Crippen LogP) is 0.439. The van der Waals surface area contributed by atoms with Gasteiger partial charge in [0.15, 0.2) is 0 Å². The molecule has 0 aliphatic heterocycles. The van der Waals surface area contributed by atoms with Gasteiger partial charge < -0.3 is 20.5 Å². The summed E-state index contributed by atoms with van der Waals surface area (Å²) in [6.45, 7) is 1.47. The highest BCUT2D eigenvalue weighted by Gasteiger charge is 2.19. The minimum atomic E-state index is -0.436. The molecule has 1 aromatic heterocycles. The topological polar surface area (TPSA) is 87.7 Å². The molecule has 112 valence electrons. The third-order valence-electron chi connectivity index (χ3n) is 2.61. The lowest BCUT2D eigenvalue weighted by atomic mass is 10.1. The molecule has 6 nitrogen and oxygen atoms in total. The van der Waals surface area contributed by atoms with Crippen molar-refractivity contribution in [1.29, 1.82) is 0 Å². The normalized spacial score (nSPS) is 13.6. The summed E-state index contributed by atoms with van der Waals surface area (Å²) >= 11 is 1.48. The van der Waals surface area contributed by atoms with E-state index in [2.05, 4.69) is 10.6 Å². The van der Waals surface area contributed by atoms with Crippen molar-refractivity contribution >= 4 is 23.2 Å². The van der Waals surface area contributed by atoms with E-state index >= 15 is 0 Å². The van der Waals surface area contributed by atoms with Gasteiger partial charge in [-0.15, -0.1) is 11.3 Å². The van der Waals surface area contributed by atoms with E-state index in [1.165, 1.54) is 25.4 Å². The highest BCUT2D eigenvalue weighted by molar-refractivity contribution is 7.10. The average molecular weight is 300 g/mol. The van der Waals surface area contributed by atoms with E-state index in [1.54, 1.807) is 0 Å². The number of aliphatic hydroxyl groups excluding tert-OH is 1. The van der Waals surface area contributed by atoms with Crippen molar-refractivity contribution in [1.82, 2.24) is 10.6 Å². The van der Waals surface area contributed by atoms with Crippen LogP contribution in [0.15, 0.2) is 17.5 Å². The number of amides is 2. The number of hydrogen-bond acceptors (Lipinski definition) is 5. The van der Waals surface area contributed by atoms with E-state index in [0.717, 1.165) is 4.88 Å². The van der Waals surface area contributed by atoms with Gasteiger partial charge in [0, 0.05) is 18.9 Å². The molecule has 2 amide bonds. The molecule has 1 heterocycles. The van der Waals surface area contributed by atoms with Crippen LogP contribution in [0.5, 0.6) is 0 Å². The number of carbonyl (C=O) groups is 2. The predicted molar refractivity (Wildman–Crippen MR) is 76.4 cm³/mol. The molecule has 2 unspecified atom stereocenters. The number of hydrogen-bond donors (Lipinski definition) is 3. The molecule has 0 bridgehead atoms. The van der Waals surface area contributed by atoms with Gasteiger partial charge in [-0.25, -0.2) is 0 Å². The molecule has 0 radical (unpaired) electrons. The molecular weight excluding hydrogens is 280 g/mol. The first-order valence-electron chi connectivity index (χ1n) is 6.26. The van der Waals surface area contributed by atoms with Crippen molar-refractivity contribution < 1.29 is 19.4 Å². The molecule has 0 aliphatic rings. The molecule has 0 aliphatic carbocycles. The summed E-state index contributed by atoms with van der Waals surface area (Å²) in [5, 5.41) is 16.4. The molecule has 20 heavy (non-hydrogen) atoms. The molecule has 0 aromatic carbocycles. The van der Waals surface area contributed by atoms with Crippen LogP contribution < -0.4 is 10.6 Å². The zero-order valence-electron chi connectivity index (χ0n) is 11.6. The second-order valence-corrected chi connectivity index (χ2v) is 5.35. The SMILES string of the molecule is COCC(CO)NC(=O)CC(NC(C)=O)c1cccs1. The number of thiophene rings is 1. The van der Waals surface area contributed by atoms with E-state index in [9.17, 15) is 9.59 Å². The Morgan fingerprint density at radius 3 is 2.70 bits per heavy atom. The molecular formula is C13H20N2O4S. The quantitative estimate of drug-likeness (QED) is 0.650. The standard InChI is InChI=1S/C13H20N2O4S/c1-9(17)14-11(12-4-3-5-20-12)6-13(18)15-10(7-16)8-19-2/h3-5,10-11,16H,6-8H2,1-2H3,(H,14,17)(H,15,18). The molecule has 0 saturated heterocycles. The molecule has 1 aromatic rings. The Bertz CT molecular complexity index is 422. The van der Waals surface area contributed by atoms with Gasteiger partial charge in [0.05, 0.1) is 31.7 Å². The summed E-state index contributed by atoms with van der Waals surface area (Å²) < 4.78 is 4.90. The summed E-state index contributed by atoms with van der Waals surface area (Å²) in [6, 6.07) is 2.95. The third-order valence-corrected chi connectivity index (χ3v) is 3.59. The van der Waals surface area contributed by atoms with Gasteiger partial charge in [-0.1, -0.05) is 6.07 Å². The number of nitrogens with one attached hydrogen (secondary N) is 2. The van der Waals surface area contributed by atoms with Gasteiger partial charge in [-0.2, -0.15) is 0 Å². The van der Waals surface area contributed by atoms with E-state index < -0.39 is 6.04 Å². The first-order chi connectivity index (χ1) is 9.56. The Kier molecular flexibility index (Phi) is 7.21. The van der Waals surface area contributed by atoms with E-state index in [4.69, 9.17) is 9.84 Å². The van der Waals surface area contributed by atoms with Crippen molar-refractivity contribution in [2.45, 2.75) is 25.4 Å². The summed E-state index contributed by atoms with van der Waals surface area (Å²) in [4.78, 5) is 24.1. The first kappa shape index (κ1) is 16.6. The van der Waals surface area contributed by atoms with Crippen molar-refractivity contribution in [3.63, 3.8) is 0 Å². The Labute approximate surface area is 122 Å². The minimum Gasteiger partial charge on any atom is -0.394 e. The zero-order valence-corrected chi connectivity index (χ0v) is 12.4. The number of carbonyl (C=O) groups excluding carboxylic acids is 2. The van der Waals surface area contributed by atoms with Crippen LogP contribution in [0.3, 0.4) is 0 Å². The van der Waals surface area contributed by atoms with Crippen LogP contribution in [0, 0.1) is 0 Å². The van der Waals surface area contributed by atoms with Crippen LogP contribution >= 0.6 is 11.3 Å². The fraction of sp³-hybridized carbons (Fsp3) is 0.538. The molecule has 0 saturated carbocycles. The minimum absolute atomic E-state index is 0.125. The maximum atomic E-state index is 11.9. The molecule has 1 rings (SSSR count). The van der Waals surface area contributed by atoms with Crippen LogP contribution in [0.4, 0.5) is 0 Å². The fourth-order valence-electron chi connectivity index (χ4n) is 1.77. The van der Waals surface area contributed by atoms with Gasteiger partial charge in [-0.3, -0.25) is 9.59 Å². The Morgan fingerprint density at radius 1 is 1.45 bits per heavy atom. The van der Waals surface area contributed by atoms with Gasteiger partial charge in [-0.05, 0) is 11.4 Å². The summed E-state index contributed by atoms with van der Waals surface area (Å²) in [6.07, 6.45) is 0.125. The fourth-order valence-corrected chi connectivity index (χ4v) is 2.55. The Balaban J connectivity index is 2.60. The highest BCUT2D eigenvalue weighted by Crippen LogP contribution is 2.21. The molecule has 3 N–H and O–H groups in total. The maximum absolute atomic E-state index is 11.9. The van der Waals surface area contributed by atoms with Gasteiger partial charge in [0.1, 0.15) is 0 Å². The third kappa shape index (κ3) is 5.68. The molecule has 0 spiro atoms. The Hall–Kier alpha value is -1.44. The van der Waals surface area contributed by atoms with Crippen LogP contribution in [0.25, 0.3) is 0 Å². The zero-order chi connectivity index (χ0) is 15.0. The molecule has 7 heteroatoms.